The largest absolute Gasteiger partial charge is 0.454 e. The van der Waals surface area contributed by atoms with Gasteiger partial charge in [0.1, 0.15) is 5.82 Å². The Morgan fingerprint density at radius 3 is 2.42 bits per heavy atom. The summed E-state index contributed by atoms with van der Waals surface area (Å²) in [5, 5.41) is 0. The highest BCUT2D eigenvalue weighted by molar-refractivity contribution is 7.89. The number of carbonyl (C=O) groups is 2. The predicted molar refractivity (Wildman–Crippen MR) is 88.6 cm³/mol. The van der Waals surface area contributed by atoms with Crippen molar-refractivity contribution >= 4 is 21.9 Å². The quantitative estimate of drug-likeness (QED) is 0.549. The van der Waals surface area contributed by atoms with Crippen molar-refractivity contribution in [2.75, 3.05) is 26.3 Å². The number of ether oxygens (including phenoxy) is 1. The van der Waals surface area contributed by atoms with Crippen LogP contribution < -0.4 is 4.89 Å². The van der Waals surface area contributed by atoms with Crippen LogP contribution in [0.25, 0.3) is 0 Å². The number of nitrogens with zero attached hydrogens (tertiary/aromatic N) is 1. The van der Waals surface area contributed by atoms with E-state index in [1.165, 1.54) is 0 Å². The monoisotopic (exact) mass is 388 g/mol. The fraction of sp³-hybridized carbons (Fsp3) is 0.500. The van der Waals surface area contributed by atoms with Crippen LogP contribution >= 0.6 is 0 Å². The zero-order chi connectivity index (χ0) is 19.2. The molecule has 0 aromatic heterocycles. The number of likely N-dealkylation sites (tertiary alicyclic amines) is 1. The summed E-state index contributed by atoms with van der Waals surface area (Å²) in [5.74, 6) is -1.19. The SMILES string of the molecule is CC1CCN(C(=O)COC(=O)CONS(=O)(=O)c2ccc(F)cc2)CC1. The first-order chi connectivity index (χ1) is 12.3. The number of hydrogen-bond donors (Lipinski definition) is 1. The molecule has 1 N–H and O–H groups in total. The van der Waals surface area contributed by atoms with E-state index in [1.807, 2.05) is 0 Å². The smallest absolute Gasteiger partial charge is 0.334 e. The molecule has 1 fully saturated rings. The third-order valence-electron chi connectivity index (χ3n) is 3.98. The number of piperidine rings is 1. The summed E-state index contributed by atoms with van der Waals surface area (Å²) in [6.07, 6.45) is 1.82. The van der Waals surface area contributed by atoms with Gasteiger partial charge in [-0.05, 0) is 43.0 Å². The average molecular weight is 388 g/mol. The van der Waals surface area contributed by atoms with E-state index in [9.17, 15) is 22.4 Å². The molecule has 0 unspecified atom stereocenters. The molecule has 0 bridgehead atoms. The zero-order valence-corrected chi connectivity index (χ0v) is 15.1. The number of amides is 1. The van der Waals surface area contributed by atoms with Crippen LogP contribution in [0.4, 0.5) is 4.39 Å². The van der Waals surface area contributed by atoms with E-state index in [1.54, 1.807) is 9.79 Å². The second-order valence-electron chi connectivity index (χ2n) is 6.05. The molecule has 1 saturated heterocycles. The standard InChI is InChI=1S/C16H21FN2O6S/c1-12-6-8-19(9-7-12)15(20)10-24-16(21)11-25-18-26(22,23)14-4-2-13(17)3-5-14/h2-5,12,18H,6-11H2,1H3. The van der Waals surface area contributed by atoms with Gasteiger partial charge in [0, 0.05) is 13.1 Å². The van der Waals surface area contributed by atoms with Crippen molar-refractivity contribution in [3.05, 3.63) is 30.1 Å². The number of sulfonamides is 1. The Hall–Kier alpha value is -2.04. The molecule has 10 heteroatoms. The van der Waals surface area contributed by atoms with Crippen LogP contribution in [0.2, 0.25) is 0 Å². The molecule has 0 spiro atoms. The molecule has 0 saturated carbocycles. The molecular weight excluding hydrogens is 367 g/mol. The van der Waals surface area contributed by atoms with Gasteiger partial charge in [-0.3, -0.25) is 9.63 Å². The minimum absolute atomic E-state index is 0.221. The number of halogens is 1. The van der Waals surface area contributed by atoms with Crippen molar-refractivity contribution in [3.8, 4) is 0 Å². The predicted octanol–water partition coefficient (Wildman–Crippen LogP) is 0.837. The molecule has 0 atom stereocenters. The van der Waals surface area contributed by atoms with Crippen LogP contribution in [0.3, 0.4) is 0 Å². The van der Waals surface area contributed by atoms with Crippen LogP contribution in [-0.4, -0.2) is 51.5 Å². The average Bonchev–Trinajstić information content (AvgIpc) is 2.60. The molecule has 1 aliphatic heterocycles. The maximum absolute atomic E-state index is 12.8. The molecule has 26 heavy (non-hydrogen) atoms. The van der Waals surface area contributed by atoms with Crippen LogP contribution in [0.15, 0.2) is 29.2 Å². The fourth-order valence-electron chi connectivity index (χ4n) is 2.36. The number of rotatable bonds is 7. The Morgan fingerprint density at radius 2 is 1.81 bits per heavy atom. The molecule has 1 amide bonds. The summed E-state index contributed by atoms with van der Waals surface area (Å²) in [6, 6.07) is 4.07. The second-order valence-corrected chi connectivity index (χ2v) is 7.70. The van der Waals surface area contributed by atoms with Gasteiger partial charge < -0.3 is 9.64 Å². The van der Waals surface area contributed by atoms with Crippen molar-refractivity contribution in [3.63, 3.8) is 0 Å². The van der Waals surface area contributed by atoms with Gasteiger partial charge in [-0.2, -0.15) is 0 Å². The molecule has 0 radical (unpaired) electrons. The van der Waals surface area contributed by atoms with E-state index in [4.69, 9.17) is 4.74 Å². The first kappa shape index (κ1) is 20.3. The van der Waals surface area contributed by atoms with E-state index in [-0.39, 0.29) is 10.8 Å². The number of hydrogen-bond acceptors (Lipinski definition) is 6. The number of esters is 1. The van der Waals surface area contributed by atoms with Gasteiger partial charge in [-0.1, -0.05) is 11.8 Å². The van der Waals surface area contributed by atoms with Crippen molar-refractivity contribution in [1.29, 1.82) is 0 Å². The van der Waals surface area contributed by atoms with Gasteiger partial charge in [0.25, 0.3) is 15.9 Å². The summed E-state index contributed by atoms with van der Waals surface area (Å²) in [6.45, 7) is 2.26. The van der Waals surface area contributed by atoms with E-state index < -0.39 is 35.0 Å². The van der Waals surface area contributed by atoms with Crippen molar-refractivity contribution in [2.24, 2.45) is 5.92 Å². The fourth-order valence-corrected chi connectivity index (χ4v) is 3.17. The molecule has 8 nitrogen and oxygen atoms in total. The normalized spacial score (nSPS) is 15.7. The van der Waals surface area contributed by atoms with Gasteiger partial charge >= 0.3 is 5.97 Å². The first-order valence-electron chi connectivity index (χ1n) is 8.10. The van der Waals surface area contributed by atoms with E-state index >= 15 is 0 Å². The molecule has 1 heterocycles. The maximum Gasteiger partial charge on any atom is 0.334 e. The number of nitrogens with one attached hydrogen (secondary N) is 1. The number of benzene rings is 1. The highest BCUT2D eigenvalue weighted by atomic mass is 32.2. The lowest BCUT2D eigenvalue weighted by atomic mass is 9.99. The minimum Gasteiger partial charge on any atom is -0.454 e. The van der Waals surface area contributed by atoms with Gasteiger partial charge in [0.15, 0.2) is 13.2 Å². The zero-order valence-electron chi connectivity index (χ0n) is 14.3. The highest BCUT2D eigenvalue weighted by Crippen LogP contribution is 2.15. The van der Waals surface area contributed by atoms with Crippen LogP contribution in [0, 0.1) is 11.7 Å². The van der Waals surface area contributed by atoms with Crippen molar-refractivity contribution < 1.29 is 32.0 Å². The molecule has 0 aliphatic carbocycles. The van der Waals surface area contributed by atoms with Gasteiger partial charge in [-0.15, -0.1) is 0 Å². The Kier molecular flexibility index (Phi) is 7.06. The van der Waals surface area contributed by atoms with Gasteiger partial charge in [0.05, 0.1) is 4.90 Å². The summed E-state index contributed by atoms with van der Waals surface area (Å²) < 4.78 is 41.3. The second kappa shape index (κ2) is 9.06. The van der Waals surface area contributed by atoms with Crippen molar-refractivity contribution in [2.45, 2.75) is 24.7 Å². The Bertz CT molecular complexity index is 730. The van der Waals surface area contributed by atoms with Gasteiger partial charge in [-0.25, -0.2) is 17.6 Å². The summed E-state index contributed by atoms with van der Waals surface area (Å²) >= 11 is 0. The van der Waals surface area contributed by atoms with E-state index in [2.05, 4.69) is 11.8 Å². The minimum atomic E-state index is -4.05. The van der Waals surface area contributed by atoms with E-state index in [0.29, 0.717) is 19.0 Å². The third-order valence-corrected chi connectivity index (χ3v) is 5.21. The molecule has 1 aromatic carbocycles. The van der Waals surface area contributed by atoms with Crippen molar-refractivity contribution in [1.82, 2.24) is 9.79 Å². The molecule has 1 aliphatic rings. The lowest BCUT2D eigenvalue weighted by Gasteiger charge is -2.30. The van der Waals surface area contributed by atoms with Crippen LogP contribution in [0.5, 0.6) is 0 Å². The highest BCUT2D eigenvalue weighted by Gasteiger charge is 2.21. The number of carbonyl (C=O) groups excluding carboxylic acids is 2. The molecule has 1 aromatic rings. The maximum atomic E-state index is 12.8. The van der Waals surface area contributed by atoms with Crippen LogP contribution in [-0.2, 0) is 29.2 Å². The lowest BCUT2D eigenvalue weighted by Crippen LogP contribution is -2.40. The Balaban J connectivity index is 1.70. The molecule has 144 valence electrons. The Morgan fingerprint density at radius 1 is 1.19 bits per heavy atom. The molecular formula is C16H21FN2O6S. The third kappa shape index (κ3) is 6.04. The summed E-state index contributed by atoms with van der Waals surface area (Å²) in [7, 11) is -4.05. The first-order valence-corrected chi connectivity index (χ1v) is 9.59. The van der Waals surface area contributed by atoms with E-state index in [0.717, 1.165) is 37.1 Å². The van der Waals surface area contributed by atoms with Crippen LogP contribution in [0.1, 0.15) is 19.8 Å². The lowest BCUT2D eigenvalue weighted by molar-refractivity contribution is -0.157. The topological polar surface area (TPSA) is 102 Å². The Labute approximate surface area is 151 Å². The molecule has 2 rings (SSSR count). The van der Waals surface area contributed by atoms with Gasteiger partial charge in [0.2, 0.25) is 0 Å². The summed E-state index contributed by atoms with van der Waals surface area (Å²) in [5.41, 5.74) is 0. The summed E-state index contributed by atoms with van der Waals surface area (Å²) in [4.78, 5) is 31.2.